The number of nitrogens with one attached hydrogen (secondary N) is 1. The number of ether oxygens (including phenoxy) is 1. The average molecular weight is 335 g/mol. The van der Waals surface area contributed by atoms with Crippen molar-refractivity contribution >= 4 is 24.0 Å². The summed E-state index contributed by atoms with van der Waals surface area (Å²) < 4.78 is 5.77. The number of hydrogen-bond donors (Lipinski definition) is 2. The second-order valence-corrected chi connectivity index (χ2v) is 5.51. The minimum Gasteiger partial charge on any atom is -0.457 e. The summed E-state index contributed by atoms with van der Waals surface area (Å²) in [7, 11) is 0. The van der Waals surface area contributed by atoms with Crippen molar-refractivity contribution < 1.29 is 9.53 Å². The van der Waals surface area contributed by atoms with Crippen molar-refractivity contribution in [3.63, 3.8) is 0 Å². The predicted octanol–water partition coefficient (Wildman–Crippen LogP) is 4.28. The van der Waals surface area contributed by atoms with Crippen LogP contribution < -0.4 is 15.8 Å². The Morgan fingerprint density at radius 3 is 2.48 bits per heavy atom. The van der Waals surface area contributed by atoms with Crippen LogP contribution in [0, 0.1) is 6.92 Å². The molecule has 0 saturated heterocycles. The zero-order valence-corrected chi connectivity index (χ0v) is 14.2. The van der Waals surface area contributed by atoms with Gasteiger partial charge in [0, 0.05) is 18.2 Å². The first-order valence-corrected chi connectivity index (χ1v) is 7.43. The van der Waals surface area contributed by atoms with Crippen molar-refractivity contribution in [3.8, 4) is 11.5 Å². The standard InChI is InChI=1S/C18H22N2O2.ClH/c1-13-4-3-5-17(12-13)22-16-9-7-15(8-10-16)20-18(21)11-6-14(2)19;/h3-5,7-10,12,14H,6,11,19H2,1-2H3,(H,20,21);1H. The van der Waals surface area contributed by atoms with Gasteiger partial charge >= 0.3 is 0 Å². The lowest BCUT2D eigenvalue weighted by Crippen LogP contribution is -2.19. The number of amides is 1. The Bertz CT molecular complexity index is 627. The minimum atomic E-state index is -0.0235. The molecule has 1 amide bonds. The molecule has 0 heterocycles. The van der Waals surface area contributed by atoms with E-state index in [4.69, 9.17) is 10.5 Å². The summed E-state index contributed by atoms with van der Waals surface area (Å²) >= 11 is 0. The van der Waals surface area contributed by atoms with E-state index in [9.17, 15) is 4.79 Å². The van der Waals surface area contributed by atoms with Crippen LogP contribution in [0.1, 0.15) is 25.3 Å². The Balaban J connectivity index is 0.00000264. The lowest BCUT2D eigenvalue weighted by Gasteiger charge is -2.09. The lowest BCUT2D eigenvalue weighted by molar-refractivity contribution is -0.116. The third kappa shape index (κ3) is 6.72. The largest absolute Gasteiger partial charge is 0.457 e. The van der Waals surface area contributed by atoms with E-state index in [0.717, 1.165) is 22.7 Å². The number of rotatable bonds is 6. The van der Waals surface area contributed by atoms with Crippen LogP contribution in [0.3, 0.4) is 0 Å². The maximum atomic E-state index is 11.7. The van der Waals surface area contributed by atoms with E-state index in [1.54, 1.807) is 0 Å². The van der Waals surface area contributed by atoms with E-state index < -0.39 is 0 Å². The molecule has 0 spiro atoms. The van der Waals surface area contributed by atoms with Crippen LogP contribution in [0.4, 0.5) is 5.69 Å². The molecule has 124 valence electrons. The number of hydrogen-bond acceptors (Lipinski definition) is 3. The quantitative estimate of drug-likeness (QED) is 0.828. The highest BCUT2D eigenvalue weighted by Gasteiger charge is 2.05. The van der Waals surface area contributed by atoms with Gasteiger partial charge in [-0.2, -0.15) is 0 Å². The summed E-state index contributed by atoms with van der Waals surface area (Å²) in [6.07, 6.45) is 1.11. The van der Waals surface area contributed by atoms with Crippen molar-refractivity contribution in [2.75, 3.05) is 5.32 Å². The fourth-order valence-corrected chi connectivity index (χ4v) is 2.00. The highest BCUT2D eigenvalue weighted by molar-refractivity contribution is 5.90. The number of halogens is 1. The van der Waals surface area contributed by atoms with E-state index in [-0.39, 0.29) is 24.4 Å². The molecule has 23 heavy (non-hydrogen) atoms. The van der Waals surface area contributed by atoms with E-state index in [1.807, 2.05) is 62.4 Å². The lowest BCUT2D eigenvalue weighted by atomic mass is 10.2. The van der Waals surface area contributed by atoms with Crippen molar-refractivity contribution in [1.29, 1.82) is 0 Å². The fraction of sp³-hybridized carbons (Fsp3) is 0.278. The molecule has 4 nitrogen and oxygen atoms in total. The minimum absolute atomic E-state index is 0. The summed E-state index contributed by atoms with van der Waals surface area (Å²) in [5.74, 6) is 1.51. The average Bonchev–Trinajstić information content (AvgIpc) is 2.47. The molecule has 5 heteroatoms. The monoisotopic (exact) mass is 334 g/mol. The Kier molecular flexibility index (Phi) is 7.59. The first-order chi connectivity index (χ1) is 10.5. The molecular weight excluding hydrogens is 312 g/mol. The van der Waals surface area contributed by atoms with Gasteiger partial charge < -0.3 is 15.8 Å². The summed E-state index contributed by atoms with van der Waals surface area (Å²) in [6, 6.07) is 15.2. The molecule has 0 aromatic heterocycles. The van der Waals surface area contributed by atoms with Gasteiger partial charge in [-0.15, -0.1) is 12.4 Å². The molecule has 1 atom stereocenters. The summed E-state index contributed by atoms with van der Waals surface area (Å²) in [6.45, 7) is 3.92. The van der Waals surface area contributed by atoms with Crippen molar-refractivity contribution in [2.24, 2.45) is 5.73 Å². The van der Waals surface area contributed by atoms with Crippen LogP contribution in [-0.2, 0) is 4.79 Å². The zero-order chi connectivity index (χ0) is 15.9. The second-order valence-electron chi connectivity index (χ2n) is 5.51. The van der Waals surface area contributed by atoms with Crippen molar-refractivity contribution in [2.45, 2.75) is 32.7 Å². The Morgan fingerprint density at radius 1 is 1.17 bits per heavy atom. The van der Waals surface area contributed by atoms with E-state index in [1.165, 1.54) is 0 Å². The van der Waals surface area contributed by atoms with Gasteiger partial charge in [0.15, 0.2) is 0 Å². The molecule has 2 aromatic rings. The van der Waals surface area contributed by atoms with Crippen LogP contribution in [0.25, 0.3) is 0 Å². The van der Waals surface area contributed by atoms with E-state index >= 15 is 0 Å². The predicted molar refractivity (Wildman–Crippen MR) is 96.5 cm³/mol. The van der Waals surface area contributed by atoms with Gasteiger partial charge in [-0.1, -0.05) is 12.1 Å². The van der Waals surface area contributed by atoms with Gasteiger partial charge in [0.1, 0.15) is 11.5 Å². The van der Waals surface area contributed by atoms with Gasteiger partial charge in [0.25, 0.3) is 0 Å². The molecule has 0 saturated carbocycles. The molecule has 0 aliphatic rings. The van der Waals surface area contributed by atoms with Crippen LogP contribution in [0.5, 0.6) is 11.5 Å². The highest BCUT2D eigenvalue weighted by Crippen LogP contribution is 2.23. The first kappa shape index (κ1) is 19.0. The molecule has 2 aromatic carbocycles. The molecule has 3 N–H and O–H groups in total. The van der Waals surface area contributed by atoms with E-state index in [0.29, 0.717) is 12.8 Å². The van der Waals surface area contributed by atoms with Gasteiger partial charge in [0.2, 0.25) is 5.91 Å². The Hall–Kier alpha value is -2.04. The van der Waals surface area contributed by atoms with Crippen LogP contribution in [0.15, 0.2) is 48.5 Å². The molecular formula is C18H23ClN2O2. The second kappa shape index (κ2) is 9.18. The molecule has 1 unspecified atom stereocenters. The van der Waals surface area contributed by atoms with Gasteiger partial charge in [-0.25, -0.2) is 0 Å². The zero-order valence-electron chi connectivity index (χ0n) is 13.4. The normalized spacial score (nSPS) is 11.3. The summed E-state index contributed by atoms with van der Waals surface area (Å²) in [5, 5.41) is 2.85. The third-order valence-corrected chi connectivity index (χ3v) is 3.19. The fourth-order valence-electron chi connectivity index (χ4n) is 2.00. The van der Waals surface area contributed by atoms with Crippen LogP contribution >= 0.6 is 12.4 Å². The Morgan fingerprint density at radius 2 is 1.87 bits per heavy atom. The van der Waals surface area contributed by atoms with Gasteiger partial charge in [-0.3, -0.25) is 4.79 Å². The molecule has 0 radical (unpaired) electrons. The van der Waals surface area contributed by atoms with Gasteiger partial charge in [-0.05, 0) is 62.2 Å². The van der Waals surface area contributed by atoms with Crippen molar-refractivity contribution in [1.82, 2.24) is 0 Å². The van der Waals surface area contributed by atoms with Crippen molar-refractivity contribution in [3.05, 3.63) is 54.1 Å². The maximum Gasteiger partial charge on any atom is 0.224 e. The number of anilines is 1. The molecule has 0 aliphatic heterocycles. The number of carbonyl (C=O) groups excluding carboxylic acids is 1. The highest BCUT2D eigenvalue weighted by atomic mass is 35.5. The van der Waals surface area contributed by atoms with Crippen LogP contribution in [-0.4, -0.2) is 11.9 Å². The Labute approximate surface area is 143 Å². The third-order valence-electron chi connectivity index (χ3n) is 3.19. The number of benzene rings is 2. The number of carbonyl (C=O) groups is 1. The summed E-state index contributed by atoms with van der Waals surface area (Å²) in [4.78, 5) is 11.7. The smallest absolute Gasteiger partial charge is 0.224 e. The number of aryl methyl sites for hydroxylation is 1. The SMILES string of the molecule is Cc1cccc(Oc2ccc(NC(=O)CCC(C)N)cc2)c1.Cl. The van der Waals surface area contributed by atoms with E-state index in [2.05, 4.69) is 5.32 Å². The molecule has 0 bridgehead atoms. The topological polar surface area (TPSA) is 64.3 Å². The summed E-state index contributed by atoms with van der Waals surface area (Å²) in [5.41, 5.74) is 7.55. The van der Waals surface area contributed by atoms with Crippen LogP contribution in [0.2, 0.25) is 0 Å². The van der Waals surface area contributed by atoms with Gasteiger partial charge in [0.05, 0.1) is 0 Å². The maximum absolute atomic E-state index is 11.7. The molecule has 0 fully saturated rings. The molecule has 2 rings (SSSR count). The first-order valence-electron chi connectivity index (χ1n) is 7.43. The molecule has 0 aliphatic carbocycles. The number of nitrogens with two attached hydrogens (primary N) is 1.